The van der Waals surface area contributed by atoms with Crippen molar-refractivity contribution in [2.45, 2.75) is 13.8 Å². The molecule has 144 valence electrons. The van der Waals surface area contributed by atoms with Crippen LogP contribution in [0.5, 0.6) is 0 Å². The van der Waals surface area contributed by atoms with Gasteiger partial charge in [-0.25, -0.2) is 13.9 Å². The molecule has 6 nitrogen and oxygen atoms in total. The Morgan fingerprint density at radius 3 is 2.57 bits per heavy atom. The van der Waals surface area contributed by atoms with Crippen molar-refractivity contribution in [3.63, 3.8) is 0 Å². The normalized spacial score (nSPS) is 10.6. The molecular formula is C20H17BrFN3O3. The van der Waals surface area contributed by atoms with Gasteiger partial charge in [-0.1, -0.05) is 0 Å². The van der Waals surface area contributed by atoms with Crippen LogP contribution in [0.2, 0.25) is 0 Å². The zero-order valence-corrected chi connectivity index (χ0v) is 16.8. The van der Waals surface area contributed by atoms with Gasteiger partial charge in [0.15, 0.2) is 0 Å². The molecule has 0 atom stereocenters. The number of esters is 1. The molecule has 1 amide bonds. The Bertz CT molecular complexity index is 1030. The average Bonchev–Trinajstić information content (AvgIpc) is 3.06. The number of nitrogens with zero attached hydrogens (tertiary/aromatic N) is 2. The van der Waals surface area contributed by atoms with Crippen molar-refractivity contribution < 1.29 is 18.7 Å². The Morgan fingerprint density at radius 1 is 1.18 bits per heavy atom. The Hall–Kier alpha value is -3.00. The minimum absolute atomic E-state index is 0.200. The van der Waals surface area contributed by atoms with Crippen LogP contribution in [0, 0.1) is 12.7 Å². The molecule has 0 saturated carbocycles. The maximum atomic E-state index is 13.4. The van der Waals surface area contributed by atoms with Crippen LogP contribution in [0.4, 0.5) is 10.1 Å². The van der Waals surface area contributed by atoms with Crippen LogP contribution in [0.1, 0.15) is 33.3 Å². The number of carbonyl (C=O) groups is 2. The predicted molar refractivity (Wildman–Crippen MR) is 106 cm³/mol. The summed E-state index contributed by atoms with van der Waals surface area (Å²) >= 11 is 3.24. The van der Waals surface area contributed by atoms with Crippen LogP contribution in [0.15, 0.2) is 53.1 Å². The minimum Gasteiger partial charge on any atom is -0.462 e. The highest BCUT2D eigenvalue weighted by Gasteiger charge is 2.16. The van der Waals surface area contributed by atoms with Crippen LogP contribution in [0.3, 0.4) is 0 Å². The lowest BCUT2D eigenvalue weighted by atomic mass is 10.2. The second kappa shape index (κ2) is 8.35. The van der Waals surface area contributed by atoms with E-state index in [9.17, 15) is 14.0 Å². The van der Waals surface area contributed by atoms with Crippen molar-refractivity contribution in [3.05, 3.63) is 75.8 Å². The number of hydrogen-bond acceptors (Lipinski definition) is 4. The van der Waals surface area contributed by atoms with Gasteiger partial charge < -0.3 is 10.1 Å². The number of anilines is 1. The number of hydrogen-bond donors (Lipinski definition) is 1. The number of amides is 1. The maximum Gasteiger partial charge on any atom is 0.341 e. The summed E-state index contributed by atoms with van der Waals surface area (Å²) in [5.41, 5.74) is 2.51. The average molecular weight is 446 g/mol. The SMILES string of the molecule is CCOC(=O)c1cnn(-c2ccc(NC(=O)c3cc(F)ccc3Br)cc2)c1C. The number of rotatable bonds is 5. The molecular weight excluding hydrogens is 429 g/mol. The third-order valence-corrected chi connectivity index (χ3v) is 4.74. The Kier molecular flexibility index (Phi) is 5.89. The van der Waals surface area contributed by atoms with Gasteiger partial charge >= 0.3 is 5.97 Å². The fourth-order valence-corrected chi connectivity index (χ4v) is 3.06. The molecule has 0 spiro atoms. The smallest absolute Gasteiger partial charge is 0.341 e. The molecule has 1 aromatic heterocycles. The van der Waals surface area contributed by atoms with E-state index >= 15 is 0 Å². The number of nitrogens with one attached hydrogen (secondary N) is 1. The van der Waals surface area contributed by atoms with Crippen LogP contribution in [-0.2, 0) is 4.74 Å². The molecule has 1 heterocycles. The molecule has 0 aliphatic carbocycles. The summed E-state index contributed by atoms with van der Waals surface area (Å²) in [5, 5.41) is 6.95. The van der Waals surface area contributed by atoms with Crippen LogP contribution < -0.4 is 5.32 Å². The summed E-state index contributed by atoms with van der Waals surface area (Å²) in [6, 6.07) is 10.8. The van der Waals surface area contributed by atoms with E-state index in [2.05, 4.69) is 26.3 Å². The lowest BCUT2D eigenvalue weighted by Crippen LogP contribution is -2.13. The molecule has 8 heteroatoms. The number of carbonyl (C=O) groups excluding carboxylic acids is 2. The number of ether oxygens (including phenoxy) is 1. The van der Waals surface area contributed by atoms with Gasteiger partial charge in [-0.05, 0) is 72.2 Å². The van der Waals surface area contributed by atoms with Gasteiger partial charge in [-0.15, -0.1) is 0 Å². The van der Waals surface area contributed by atoms with Crippen molar-refractivity contribution in [3.8, 4) is 5.69 Å². The molecule has 3 aromatic rings. The first kappa shape index (κ1) is 19.8. The lowest BCUT2D eigenvalue weighted by molar-refractivity contribution is 0.0525. The van der Waals surface area contributed by atoms with Crippen molar-refractivity contribution >= 4 is 33.5 Å². The van der Waals surface area contributed by atoms with Crippen LogP contribution in [0.25, 0.3) is 5.69 Å². The Balaban J connectivity index is 1.78. The zero-order chi connectivity index (χ0) is 20.3. The second-order valence-corrected chi connectivity index (χ2v) is 6.76. The van der Waals surface area contributed by atoms with E-state index in [4.69, 9.17) is 4.74 Å². The molecule has 0 fully saturated rings. The van der Waals surface area contributed by atoms with E-state index in [1.54, 1.807) is 42.8 Å². The summed E-state index contributed by atoms with van der Waals surface area (Å²) in [7, 11) is 0. The molecule has 0 aliphatic heterocycles. The summed E-state index contributed by atoms with van der Waals surface area (Å²) in [4.78, 5) is 24.3. The standard InChI is InChI=1S/C20H17BrFN3O3/c1-3-28-20(27)17-11-23-25(12(17)2)15-7-5-14(6-8-15)24-19(26)16-10-13(22)4-9-18(16)21/h4-11H,3H2,1-2H3,(H,24,26). The van der Waals surface area contributed by atoms with Gasteiger partial charge in [-0.3, -0.25) is 4.79 Å². The Morgan fingerprint density at radius 2 is 1.89 bits per heavy atom. The summed E-state index contributed by atoms with van der Waals surface area (Å²) in [5.74, 6) is -1.34. The van der Waals surface area contributed by atoms with E-state index < -0.39 is 17.7 Å². The fourth-order valence-electron chi connectivity index (χ4n) is 2.64. The lowest BCUT2D eigenvalue weighted by Gasteiger charge is -2.09. The van der Waals surface area contributed by atoms with E-state index in [0.717, 1.165) is 11.8 Å². The van der Waals surface area contributed by atoms with Gasteiger partial charge in [0, 0.05) is 10.2 Å². The largest absolute Gasteiger partial charge is 0.462 e. The minimum atomic E-state index is -0.491. The number of halogens is 2. The molecule has 0 unspecified atom stereocenters. The molecule has 3 rings (SSSR count). The summed E-state index contributed by atoms with van der Waals surface area (Å²) < 4.78 is 20.5. The molecule has 0 aliphatic rings. The van der Waals surface area contributed by atoms with Gasteiger partial charge in [0.2, 0.25) is 0 Å². The van der Waals surface area contributed by atoms with Gasteiger partial charge in [0.05, 0.1) is 29.7 Å². The molecule has 0 saturated heterocycles. The highest BCUT2D eigenvalue weighted by atomic mass is 79.9. The van der Waals surface area contributed by atoms with E-state index in [-0.39, 0.29) is 5.56 Å². The molecule has 0 bridgehead atoms. The molecule has 2 aromatic carbocycles. The van der Waals surface area contributed by atoms with Crippen molar-refractivity contribution in [2.24, 2.45) is 0 Å². The van der Waals surface area contributed by atoms with Crippen molar-refractivity contribution in [1.29, 1.82) is 0 Å². The summed E-state index contributed by atoms with van der Waals surface area (Å²) in [6.07, 6.45) is 1.46. The topological polar surface area (TPSA) is 73.2 Å². The number of aromatic nitrogens is 2. The van der Waals surface area contributed by atoms with Gasteiger partial charge in [0.1, 0.15) is 11.4 Å². The monoisotopic (exact) mass is 445 g/mol. The molecule has 1 N–H and O–H groups in total. The first-order chi connectivity index (χ1) is 13.4. The molecule has 28 heavy (non-hydrogen) atoms. The highest BCUT2D eigenvalue weighted by Crippen LogP contribution is 2.21. The first-order valence-electron chi connectivity index (χ1n) is 8.49. The fraction of sp³-hybridized carbons (Fsp3) is 0.150. The van der Waals surface area contributed by atoms with Crippen LogP contribution >= 0.6 is 15.9 Å². The third kappa shape index (κ3) is 4.12. The van der Waals surface area contributed by atoms with E-state index in [0.29, 0.717) is 28.0 Å². The van der Waals surface area contributed by atoms with Crippen LogP contribution in [-0.4, -0.2) is 28.3 Å². The van der Waals surface area contributed by atoms with Gasteiger partial charge in [-0.2, -0.15) is 5.10 Å². The van der Waals surface area contributed by atoms with E-state index in [1.807, 2.05) is 0 Å². The highest BCUT2D eigenvalue weighted by molar-refractivity contribution is 9.10. The Labute approximate surface area is 169 Å². The van der Waals surface area contributed by atoms with E-state index in [1.165, 1.54) is 18.3 Å². The van der Waals surface area contributed by atoms with Gasteiger partial charge in [0.25, 0.3) is 5.91 Å². The quantitative estimate of drug-likeness (QED) is 0.586. The molecule has 0 radical (unpaired) electrons. The number of benzene rings is 2. The third-order valence-electron chi connectivity index (χ3n) is 4.05. The summed E-state index contributed by atoms with van der Waals surface area (Å²) in [6.45, 7) is 3.81. The second-order valence-electron chi connectivity index (χ2n) is 5.90. The zero-order valence-electron chi connectivity index (χ0n) is 15.2. The first-order valence-corrected chi connectivity index (χ1v) is 9.28. The van der Waals surface area contributed by atoms with Crippen molar-refractivity contribution in [2.75, 3.05) is 11.9 Å². The van der Waals surface area contributed by atoms with Crippen molar-refractivity contribution in [1.82, 2.24) is 9.78 Å². The predicted octanol–water partition coefficient (Wildman–Crippen LogP) is 4.51. The maximum absolute atomic E-state index is 13.4.